The zero-order chi connectivity index (χ0) is 31.5. The molecule has 1 aliphatic heterocycles. The summed E-state index contributed by atoms with van der Waals surface area (Å²) in [6.45, 7) is 19.9. The average Bonchev–Trinajstić information content (AvgIpc) is 2.87. The van der Waals surface area contributed by atoms with Crippen LogP contribution in [-0.4, -0.2) is 52.5 Å². The predicted molar refractivity (Wildman–Crippen MR) is 174 cm³/mol. The number of benzene rings is 2. The van der Waals surface area contributed by atoms with Gasteiger partial charge in [-0.15, -0.1) is 11.6 Å². The van der Waals surface area contributed by atoms with Crippen LogP contribution in [0, 0.1) is 3.57 Å². The van der Waals surface area contributed by atoms with Gasteiger partial charge in [0.25, 0.3) is 0 Å². The van der Waals surface area contributed by atoms with E-state index in [1.165, 1.54) is 15.7 Å². The first-order valence-electron chi connectivity index (χ1n) is 13.5. The third-order valence-corrected chi connectivity index (χ3v) is 6.82. The van der Waals surface area contributed by atoms with Gasteiger partial charge in [-0.2, -0.15) is 10.1 Å². The van der Waals surface area contributed by atoms with Crippen molar-refractivity contribution >= 4 is 46.4 Å². The first-order chi connectivity index (χ1) is 19.6. The first kappa shape index (κ1) is 35.6. The molecule has 0 spiro atoms. The highest BCUT2D eigenvalue weighted by Gasteiger charge is 2.26. The number of hydroxylamine groups is 4. The van der Waals surface area contributed by atoms with Crippen molar-refractivity contribution in [2.24, 2.45) is 0 Å². The molecule has 0 unspecified atom stereocenters. The number of fused-ring (bicyclic) bond motifs is 1. The van der Waals surface area contributed by atoms with E-state index in [9.17, 15) is 9.59 Å². The minimum atomic E-state index is -0.595. The number of nitrogens with zero attached hydrogens (tertiary/aromatic N) is 2. The molecule has 42 heavy (non-hydrogen) atoms. The van der Waals surface area contributed by atoms with Crippen molar-refractivity contribution in [1.82, 2.24) is 10.1 Å². The third kappa shape index (κ3) is 13.1. The van der Waals surface area contributed by atoms with E-state index in [2.05, 4.69) is 41.8 Å². The van der Waals surface area contributed by atoms with Gasteiger partial charge in [0.2, 0.25) is 0 Å². The summed E-state index contributed by atoms with van der Waals surface area (Å²) in [7, 11) is 0. The van der Waals surface area contributed by atoms with Crippen LogP contribution >= 0.6 is 34.2 Å². The second-order valence-corrected chi connectivity index (χ2v) is 13.2. The Labute approximate surface area is 268 Å². The van der Waals surface area contributed by atoms with Crippen LogP contribution in [0.15, 0.2) is 72.8 Å². The van der Waals surface area contributed by atoms with E-state index in [-0.39, 0.29) is 19.0 Å². The van der Waals surface area contributed by atoms with Crippen molar-refractivity contribution in [1.29, 1.82) is 0 Å². The van der Waals surface area contributed by atoms with Gasteiger partial charge in [-0.1, -0.05) is 61.2 Å². The standard InChI is InChI=1S/C16H21ClINO3.C16H21NO3/c1-12(9-17)10-19(15(20)22-16(2,3)4)21-11-13-7-5-6-8-14(13)18;1-12-9-13-7-5-6-8-14(13)11-19-17(10-12)15(18)20-16(2,3)4/h5-8H,1,9-11H2,2-4H3;5-8H,1,9-11H2,2-4H3. The zero-order valence-corrected chi connectivity index (χ0v) is 28.3. The summed E-state index contributed by atoms with van der Waals surface area (Å²) >= 11 is 7.97. The van der Waals surface area contributed by atoms with Gasteiger partial charge < -0.3 is 9.47 Å². The molecule has 1 aliphatic rings. The molecule has 2 amide bonds. The van der Waals surface area contributed by atoms with Crippen LogP contribution in [0.4, 0.5) is 9.59 Å². The maximum absolute atomic E-state index is 12.2. The van der Waals surface area contributed by atoms with E-state index in [0.717, 1.165) is 26.7 Å². The Morgan fingerprint density at radius 1 is 1.00 bits per heavy atom. The fraction of sp³-hybridized carbons (Fsp3) is 0.438. The Bertz CT molecular complexity index is 1240. The van der Waals surface area contributed by atoms with Crippen molar-refractivity contribution < 1.29 is 28.7 Å². The highest BCUT2D eigenvalue weighted by molar-refractivity contribution is 14.1. The van der Waals surface area contributed by atoms with Crippen molar-refractivity contribution in [3.63, 3.8) is 0 Å². The Balaban J connectivity index is 0.000000294. The van der Waals surface area contributed by atoms with Gasteiger partial charge in [-0.25, -0.2) is 9.59 Å². The fourth-order valence-corrected chi connectivity index (χ4v) is 4.13. The van der Waals surface area contributed by atoms with Gasteiger partial charge in [0, 0.05) is 9.45 Å². The molecule has 0 saturated heterocycles. The number of alkyl halides is 1. The maximum atomic E-state index is 12.2. The maximum Gasteiger partial charge on any atom is 0.434 e. The molecule has 0 aromatic heterocycles. The van der Waals surface area contributed by atoms with Crippen LogP contribution in [0.1, 0.15) is 58.2 Å². The quantitative estimate of drug-likeness (QED) is 0.130. The SMILES string of the molecule is C=C(CCl)CN(OCc1ccccc1I)C(=O)OC(C)(C)C.C=C1Cc2ccccc2CON(C(=O)OC(C)(C)C)C1. The molecule has 230 valence electrons. The average molecular weight is 713 g/mol. The molecular weight excluding hydrogens is 671 g/mol. The van der Waals surface area contributed by atoms with E-state index in [1.807, 2.05) is 63.2 Å². The molecule has 0 fully saturated rings. The second-order valence-electron chi connectivity index (χ2n) is 11.8. The van der Waals surface area contributed by atoms with E-state index in [4.69, 9.17) is 30.7 Å². The largest absolute Gasteiger partial charge is 0.442 e. The summed E-state index contributed by atoms with van der Waals surface area (Å²) in [5.41, 5.74) is 3.72. The highest BCUT2D eigenvalue weighted by atomic mass is 127. The Kier molecular flexibility index (Phi) is 13.8. The Hall–Kier alpha value is -2.60. The minimum absolute atomic E-state index is 0.196. The molecule has 3 rings (SSSR count). The number of carbonyl (C=O) groups excluding carboxylic acids is 2. The molecule has 2 aromatic rings. The van der Waals surface area contributed by atoms with Crippen LogP contribution in [-0.2, 0) is 38.8 Å². The van der Waals surface area contributed by atoms with E-state index < -0.39 is 23.4 Å². The monoisotopic (exact) mass is 712 g/mol. The lowest BCUT2D eigenvalue weighted by Gasteiger charge is -2.29. The van der Waals surface area contributed by atoms with Crippen molar-refractivity contribution in [3.8, 4) is 0 Å². The third-order valence-electron chi connectivity index (χ3n) is 5.39. The molecule has 0 bridgehead atoms. The van der Waals surface area contributed by atoms with Gasteiger partial charge in [-0.3, -0.25) is 9.68 Å². The number of hydrogen-bond donors (Lipinski definition) is 0. The number of rotatable bonds is 6. The molecule has 0 radical (unpaired) electrons. The summed E-state index contributed by atoms with van der Waals surface area (Å²) < 4.78 is 11.7. The number of carbonyl (C=O) groups is 2. The Morgan fingerprint density at radius 3 is 2.19 bits per heavy atom. The van der Waals surface area contributed by atoms with Crippen molar-refractivity contribution in [2.45, 2.75) is 72.4 Å². The van der Waals surface area contributed by atoms with Gasteiger partial charge >= 0.3 is 12.2 Å². The molecule has 0 aliphatic carbocycles. The molecule has 8 nitrogen and oxygen atoms in total. The van der Waals surface area contributed by atoms with Gasteiger partial charge in [0.15, 0.2) is 0 Å². The smallest absolute Gasteiger partial charge is 0.434 e. The molecule has 10 heteroatoms. The number of hydrogen-bond acceptors (Lipinski definition) is 6. The number of ether oxygens (including phenoxy) is 2. The predicted octanol–water partition coefficient (Wildman–Crippen LogP) is 8.22. The van der Waals surface area contributed by atoms with Gasteiger partial charge in [0.05, 0.1) is 13.1 Å². The van der Waals surface area contributed by atoms with Crippen molar-refractivity contribution in [2.75, 3.05) is 19.0 Å². The first-order valence-corrected chi connectivity index (χ1v) is 15.2. The summed E-state index contributed by atoms with van der Waals surface area (Å²) in [6.07, 6.45) is -0.276. The van der Waals surface area contributed by atoms with Crippen LogP contribution in [0.2, 0.25) is 0 Å². The summed E-state index contributed by atoms with van der Waals surface area (Å²) in [4.78, 5) is 35.5. The van der Waals surface area contributed by atoms with Crippen LogP contribution in [0.3, 0.4) is 0 Å². The highest BCUT2D eigenvalue weighted by Crippen LogP contribution is 2.21. The zero-order valence-electron chi connectivity index (χ0n) is 25.4. The number of amides is 2. The summed E-state index contributed by atoms with van der Waals surface area (Å²) in [6, 6.07) is 15.8. The summed E-state index contributed by atoms with van der Waals surface area (Å²) in [5, 5.41) is 2.42. The van der Waals surface area contributed by atoms with E-state index in [1.54, 1.807) is 20.8 Å². The van der Waals surface area contributed by atoms with Crippen LogP contribution in [0.25, 0.3) is 0 Å². The van der Waals surface area contributed by atoms with Crippen molar-refractivity contribution in [3.05, 3.63) is 93.1 Å². The van der Waals surface area contributed by atoms with E-state index >= 15 is 0 Å². The summed E-state index contributed by atoms with van der Waals surface area (Å²) in [5.74, 6) is 0.255. The van der Waals surface area contributed by atoms with Gasteiger partial charge in [-0.05, 0) is 98.9 Å². The lowest BCUT2D eigenvalue weighted by Crippen LogP contribution is -2.38. The molecule has 0 atom stereocenters. The lowest BCUT2D eigenvalue weighted by molar-refractivity contribution is -0.152. The molecular formula is C32H42ClIN2O6. The van der Waals surface area contributed by atoms with E-state index in [0.29, 0.717) is 18.7 Å². The number of halogens is 2. The topological polar surface area (TPSA) is 77.5 Å². The normalized spacial score (nSPS) is 13.5. The Morgan fingerprint density at radius 2 is 1.60 bits per heavy atom. The second kappa shape index (κ2) is 16.3. The minimum Gasteiger partial charge on any atom is -0.442 e. The molecule has 0 saturated carbocycles. The lowest BCUT2D eigenvalue weighted by atomic mass is 10.0. The van der Waals surface area contributed by atoms with Gasteiger partial charge in [0.1, 0.15) is 24.4 Å². The fourth-order valence-electron chi connectivity index (χ4n) is 3.51. The molecule has 1 heterocycles. The molecule has 2 aromatic carbocycles. The van der Waals surface area contributed by atoms with Crippen LogP contribution < -0.4 is 0 Å². The van der Waals surface area contributed by atoms with Crippen LogP contribution in [0.5, 0.6) is 0 Å². The molecule has 0 N–H and O–H groups in total.